The smallest absolute Gasteiger partial charge is 0.163 e. The Morgan fingerprint density at radius 2 is 1.92 bits per heavy atom. The predicted molar refractivity (Wildman–Crippen MR) is 102 cm³/mol. The molecule has 0 unspecified atom stereocenters. The Hall–Kier alpha value is -3.74. The number of thiophene rings is 1. The van der Waals surface area contributed by atoms with Crippen molar-refractivity contribution in [2.45, 2.75) is 0 Å². The first-order valence-electron chi connectivity index (χ1n) is 7.73. The molecule has 26 heavy (non-hydrogen) atoms. The van der Waals surface area contributed by atoms with E-state index in [9.17, 15) is 0 Å². The lowest BCUT2D eigenvalue weighted by Gasteiger charge is -2.02. The number of nitrogens with zero attached hydrogens (tertiary/aromatic N) is 4. The number of nitriles is 1. The Balaban J connectivity index is 1.76. The third-order valence-corrected chi connectivity index (χ3v) is 4.60. The standard InChI is InChI=1S/C20H11N5S/c21-12-13-4-3-5-14(10-13)19-24-18(22)17-11-16(26-20(17)25-19)8-7-15-6-1-2-9-23-15/h1-6,9-11H,(H2,22,24,25). The molecule has 0 atom stereocenters. The van der Waals surface area contributed by atoms with E-state index in [1.807, 2.05) is 30.3 Å². The first-order valence-corrected chi connectivity index (χ1v) is 8.55. The van der Waals surface area contributed by atoms with Gasteiger partial charge in [-0.05, 0) is 42.2 Å². The van der Waals surface area contributed by atoms with Crippen LogP contribution in [-0.2, 0) is 0 Å². The van der Waals surface area contributed by atoms with E-state index >= 15 is 0 Å². The van der Waals surface area contributed by atoms with Crippen LogP contribution in [-0.4, -0.2) is 15.0 Å². The largest absolute Gasteiger partial charge is 0.383 e. The Morgan fingerprint density at radius 3 is 2.73 bits per heavy atom. The highest BCUT2D eigenvalue weighted by molar-refractivity contribution is 7.19. The van der Waals surface area contributed by atoms with Gasteiger partial charge in [0, 0.05) is 11.8 Å². The van der Waals surface area contributed by atoms with Crippen molar-refractivity contribution in [1.29, 1.82) is 5.26 Å². The third kappa shape index (κ3) is 3.10. The fourth-order valence-corrected chi connectivity index (χ4v) is 3.32. The SMILES string of the molecule is N#Cc1cccc(-c2nc(N)c3cc(C#Cc4ccccn4)sc3n2)c1. The van der Waals surface area contributed by atoms with Gasteiger partial charge in [0.1, 0.15) is 16.3 Å². The summed E-state index contributed by atoms with van der Waals surface area (Å²) < 4.78 is 0. The molecule has 0 aliphatic rings. The summed E-state index contributed by atoms with van der Waals surface area (Å²) in [5.41, 5.74) is 8.13. The summed E-state index contributed by atoms with van der Waals surface area (Å²) in [7, 11) is 0. The van der Waals surface area contributed by atoms with Gasteiger partial charge in [-0.3, -0.25) is 0 Å². The third-order valence-electron chi connectivity index (χ3n) is 3.65. The Labute approximate surface area is 153 Å². The fourth-order valence-electron chi connectivity index (χ4n) is 2.42. The van der Waals surface area contributed by atoms with Gasteiger partial charge in [-0.15, -0.1) is 11.3 Å². The molecule has 6 heteroatoms. The molecule has 0 saturated carbocycles. The monoisotopic (exact) mass is 353 g/mol. The number of aromatic nitrogens is 3. The normalized spacial score (nSPS) is 10.1. The molecule has 2 N–H and O–H groups in total. The van der Waals surface area contributed by atoms with Crippen LogP contribution < -0.4 is 5.73 Å². The molecule has 4 rings (SSSR count). The van der Waals surface area contributed by atoms with E-state index < -0.39 is 0 Å². The number of nitrogen functional groups attached to an aromatic ring is 1. The highest BCUT2D eigenvalue weighted by Crippen LogP contribution is 2.29. The molecule has 122 valence electrons. The van der Waals surface area contributed by atoms with Gasteiger partial charge in [-0.25, -0.2) is 15.0 Å². The van der Waals surface area contributed by atoms with Crippen LogP contribution in [0, 0.1) is 23.2 Å². The number of hydrogen-bond acceptors (Lipinski definition) is 6. The maximum Gasteiger partial charge on any atom is 0.163 e. The molecule has 0 aliphatic heterocycles. The average molecular weight is 353 g/mol. The van der Waals surface area contributed by atoms with Gasteiger partial charge in [0.25, 0.3) is 0 Å². The van der Waals surface area contributed by atoms with Gasteiger partial charge in [-0.2, -0.15) is 5.26 Å². The summed E-state index contributed by atoms with van der Waals surface area (Å²) in [5.74, 6) is 7.02. The lowest BCUT2D eigenvalue weighted by atomic mass is 10.1. The number of fused-ring (bicyclic) bond motifs is 1. The Bertz CT molecular complexity index is 1210. The first kappa shape index (κ1) is 15.8. The lowest BCUT2D eigenvalue weighted by Crippen LogP contribution is -1.96. The van der Waals surface area contributed by atoms with Crippen molar-refractivity contribution in [3.05, 3.63) is 70.9 Å². The van der Waals surface area contributed by atoms with Crippen LogP contribution in [0.5, 0.6) is 0 Å². The minimum Gasteiger partial charge on any atom is -0.383 e. The number of rotatable bonds is 1. The van der Waals surface area contributed by atoms with Gasteiger partial charge in [0.15, 0.2) is 5.82 Å². The number of anilines is 1. The van der Waals surface area contributed by atoms with Crippen molar-refractivity contribution >= 4 is 27.4 Å². The number of hydrogen-bond donors (Lipinski definition) is 1. The highest BCUT2D eigenvalue weighted by Gasteiger charge is 2.11. The minimum absolute atomic E-state index is 0.398. The highest BCUT2D eigenvalue weighted by atomic mass is 32.1. The second-order valence-corrected chi connectivity index (χ2v) is 6.45. The summed E-state index contributed by atoms with van der Waals surface area (Å²) in [6.45, 7) is 0. The van der Waals surface area contributed by atoms with Gasteiger partial charge >= 0.3 is 0 Å². The topological polar surface area (TPSA) is 88.5 Å². The molecule has 0 saturated heterocycles. The molecule has 0 spiro atoms. The summed E-state index contributed by atoms with van der Waals surface area (Å²) in [4.78, 5) is 14.8. The van der Waals surface area contributed by atoms with E-state index in [-0.39, 0.29) is 0 Å². The summed E-state index contributed by atoms with van der Waals surface area (Å²) in [5, 5.41) is 9.84. The zero-order valence-electron chi connectivity index (χ0n) is 13.5. The van der Waals surface area contributed by atoms with E-state index in [1.54, 1.807) is 24.4 Å². The minimum atomic E-state index is 0.398. The molecule has 0 amide bonds. The maximum absolute atomic E-state index is 9.06. The van der Waals surface area contributed by atoms with Gasteiger partial charge in [-0.1, -0.05) is 18.2 Å². The zero-order chi connectivity index (χ0) is 17.9. The molecule has 3 heterocycles. The van der Waals surface area contributed by atoms with Crippen LogP contribution >= 0.6 is 11.3 Å². The predicted octanol–water partition coefficient (Wildman–Crippen LogP) is 3.61. The summed E-state index contributed by atoms with van der Waals surface area (Å²) in [6.07, 6.45) is 1.71. The van der Waals surface area contributed by atoms with Crippen molar-refractivity contribution < 1.29 is 0 Å². The van der Waals surface area contributed by atoms with Crippen molar-refractivity contribution in [2.75, 3.05) is 5.73 Å². The van der Waals surface area contributed by atoms with E-state index in [4.69, 9.17) is 11.0 Å². The first-order chi connectivity index (χ1) is 12.7. The van der Waals surface area contributed by atoms with Crippen LogP contribution in [0.1, 0.15) is 16.1 Å². The van der Waals surface area contributed by atoms with Crippen LogP contribution in [0.25, 0.3) is 21.6 Å². The quantitative estimate of drug-likeness (QED) is 0.528. The van der Waals surface area contributed by atoms with Crippen LogP contribution in [0.4, 0.5) is 5.82 Å². The molecular formula is C20H11N5S. The molecular weight excluding hydrogens is 342 g/mol. The van der Waals surface area contributed by atoms with Crippen LogP contribution in [0.3, 0.4) is 0 Å². The van der Waals surface area contributed by atoms with Crippen molar-refractivity contribution in [3.63, 3.8) is 0 Å². The number of benzene rings is 1. The molecule has 4 aromatic rings. The zero-order valence-corrected chi connectivity index (χ0v) is 14.3. The van der Waals surface area contributed by atoms with Crippen LogP contribution in [0.2, 0.25) is 0 Å². The second kappa shape index (κ2) is 6.64. The van der Waals surface area contributed by atoms with Crippen LogP contribution in [0.15, 0.2) is 54.7 Å². The molecule has 5 nitrogen and oxygen atoms in total. The molecule has 0 radical (unpaired) electrons. The molecule has 0 fully saturated rings. The van der Waals surface area contributed by atoms with E-state index in [1.165, 1.54) is 11.3 Å². The van der Waals surface area contributed by atoms with Crippen molar-refractivity contribution in [3.8, 4) is 29.3 Å². The van der Waals surface area contributed by atoms with E-state index in [0.29, 0.717) is 22.9 Å². The van der Waals surface area contributed by atoms with Gasteiger partial charge in [0.05, 0.1) is 21.9 Å². The van der Waals surface area contributed by atoms with Crippen molar-refractivity contribution in [2.24, 2.45) is 0 Å². The van der Waals surface area contributed by atoms with E-state index in [2.05, 4.69) is 32.9 Å². The summed E-state index contributed by atoms with van der Waals surface area (Å²) in [6, 6.07) is 16.8. The number of nitrogens with two attached hydrogens (primary N) is 1. The van der Waals surface area contributed by atoms with Gasteiger partial charge in [0.2, 0.25) is 0 Å². The van der Waals surface area contributed by atoms with Crippen molar-refractivity contribution in [1.82, 2.24) is 15.0 Å². The molecule has 0 aliphatic carbocycles. The Morgan fingerprint density at radius 1 is 1.00 bits per heavy atom. The maximum atomic E-state index is 9.06. The molecule has 1 aromatic carbocycles. The van der Waals surface area contributed by atoms with E-state index in [0.717, 1.165) is 20.7 Å². The fraction of sp³-hybridized carbons (Fsp3) is 0. The number of pyridine rings is 1. The Kier molecular flexibility index (Phi) is 4.03. The summed E-state index contributed by atoms with van der Waals surface area (Å²) >= 11 is 1.45. The second-order valence-electron chi connectivity index (χ2n) is 5.42. The lowest BCUT2D eigenvalue weighted by molar-refractivity contribution is 1.24. The average Bonchev–Trinajstić information content (AvgIpc) is 3.11. The molecule has 0 bridgehead atoms. The van der Waals surface area contributed by atoms with Gasteiger partial charge < -0.3 is 5.73 Å². The molecule has 3 aromatic heterocycles.